The van der Waals surface area contributed by atoms with E-state index in [1.54, 1.807) is 0 Å². The van der Waals surface area contributed by atoms with Gasteiger partial charge in [0.15, 0.2) is 5.66 Å². The number of rotatable bonds is 4. The Morgan fingerprint density at radius 3 is 1.44 bits per heavy atom. The summed E-state index contributed by atoms with van der Waals surface area (Å²) in [7, 11) is 0. The Kier molecular flexibility index (Phi) is 3.05. The highest BCUT2D eigenvalue weighted by atomic mass is 15.1. The Balaban J connectivity index is 4.15. The van der Waals surface area contributed by atoms with E-state index in [9.17, 15) is 0 Å². The average molecular weight is 128 g/mol. The molecule has 0 saturated heterocycles. The Bertz CT molecular complexity index is 95.5. The first-order chi connectivity index (χ1) is 4.24. The Morgan fingerprint density at radius 1 is 1.11 bits per heavy atom. The van der Waals surface area contributed by atoms with E-state index in [4.69, 9.17) is 11.5 Å². The first-order valence-corrected chi connectivity index (χ1v) is 2.60. The van der Waals surface area contributed by atoms with Crippen LogP contribution in [0.15, 0.2) is 9.98 Å². The average Bonchev–Trinajstić information content (AvgIpc) is 1.95. The molecule has 0 aliphatic rings. The lowest BCUT2D eigenvalue weighted by molar-refractivity contribution is 0.479. The summed E-state index contributed by atoms with van der Waals surface area (Å²) in [4.78, 5) is 7.29. The zero-order valence-corrected chi connectivity index (χ0v) is 5.38. The molecule has 0 radical (unpaired) electrons. The van der Waals surface area contributed by atoms with Crippen molar-refractivity contribution in [1.29, 1.82) is 0 Å². The van der Waals surface area contributed by atoms with Crippen LogP contribution in [0.5, 0.6) is 0 Å². The maximum absolute atomic E-state index is 5.29. The molecule has 0 amide bonds. The van der Waals surface area contributed by atoms with Gasteiger partial charge in [0.05, 0.1) is 0 Å². The SMILES string of the molecule is C=NC(CN)(CN)N=C. The molecule has 9 heavy (non-hydrogen) atoms. The zero-order valence-electron chi connectivity index (χ0n) is 5.38. The minimum Gasteiger partial charge on any atom is -0.327 e. The van der Waals surface area contributed by atoms with E-state index < -0.39 is 5.66 Å². The van der Waals surface area contributed by atoms with Crippen LogP contribution in [-0.2, 0) is 0 Å². The van der Waals surface area contributed by atoms with Gasteiger partial charge in [-0.3, -0.25) is 9.98 Å². The predicted molar refractivity (Wildman–Crippen MR) is 39.9 cm³/mol. The number of hydrogen-bond donors (Lipinski definition) is 2. The molecule has 0 bridgehead atoms. The molecule has 0 atom stereocenters. The van der Waals surface area contributed by atoms with E-state index in [1.807, 2.05) is 0 Å². The van der Waals surface area contributed by atoms with Crippen molar-refractivity contribution in [2.45, 2.75) is 5.66 Å². The highest BCUT2D eigenvalue weighted by molar-refractivity contribution is 5.31. The van der Waals surface area contributed by atoms with Gasteiger partial charge in [-0.05, 0) is 13.4 Å². The fourth-order valence-electron chi connectivity index (χ4n) is 0.392. The molecule has 0 aliphatic heterocycles. The lowest BCUT2D eigenvalue weighted by Gasteiger charge is -2.19. The second-order valence-corrected chi connectivity index (χ2v) is 1.71. The van der Waals surface area contributed by atoms with Crippen LogP contribution in [0.25, 0.3) is 0 Å². The molecule has 0 unspecified atom stereocenters. The van der Waals surface area contributed by atoms with Crippen LogP contribution in [0.4, 0.5) is 0 Å². The smallest absolute Gasteiger partial charge is 0.172 e. The normalized spacial score (nSPS) is 10.9. The number of nitrogens with zero attached hydrogens (tertiary/aromatic N) is 2. The number of aliphatic imine (C=N–C) groups is 2. The monoisotopic (exact) mass is 128 g/mol. The van der Waals surface area contributed by atoms with Crippen molar-refractivity contribution >= 4 is 13.4 Å². The van der Waals surface area contributed by atoms with Gasteiger partial charge >= 0.3 is 0 Å². The summed E-state index contributed by atoms with van der Waals surface area (Å²) in [5.74, 6) is 0. The van der Waals surface area contributed by atoms with Crippen LogP contribution in [0.1, 0.15) is 0 Å². The molecule has 4 nitrogen and oxygen atoms in total. The molecule has 0 heterocycles. The van der Waals surface area contributed by atoms with E-state index in [1.165, 1.54) is 0 Å². The Hall–Kier alpha value is -0.740. The van der Waals surface area contributed by atoms with Crippen LogP contribution in [0, 0.1) is 0 Å². The van der Waals surface area contributed by atoms with Crippen molar-refractivity contribution < 1.29 is 0 Å². The van der Waals surface area contributed by atoms with Crippen LogP contribution in [0.3, 0.4) is 0 Å². The molecular formula is C5H12N4. The van der Waals surface area contributed by atoms with E-state index in [0.29, 0.717) is 0 Å². The van der Waals surface area contributed by atoms with Crippen molar-refractivity contribution in [3.63, 3.8) is 0 Å². The number of nitrogens with two attached hydrogens (primary N) is 2. The zero-order chi connectivity index (χ0) is 7.33. The molecule has 0 aliphatic carbocycles. The first kappa shape index (κ1) is 8.26. The van der Waals surface area contributed by atoms with Gasteiger partial charge in [0.25, 0.3) is 0 Å². The van der Waals surface area contributed by atoms with Gasteiger partial charge < -0.3 is 11.5 Å². The molecular weight excluding hydrogens is 116 g/mol. The van der Waals surface area contributed by atoms with Gasteiger partial charge in [0.2, 0.25) is 0 Å². The Labute approximate surface area is 54.7 Å². The van der Waals surface area contributed by atoms with Crippen LogP contribution in [-0.4, -0.2) is 32.2 Å². The van der Waals surface area contributed by atoms with E-state index in [2.05, 4.69) is 23.4 Å². The van der Waals surface area contributed by atoms with Crippen molar-refractivity contribution in [3.05, 3.63) is 0 Å². The topological polar surface area (TPSA) is 76.8 Å². The van der Waals surface area contributed by atoms with E-state index >= 15 is 0 Å². The van der Waals surface area contributed by atoms with E-state index in [0.717, 1.165) is 0 Å². The second kappa shape index (κ2) is 3.32. The molecule has 4 N–H and O–H groups in total. The highest BCUT2D eigenvalue weighted by Crippen LogP contribution is 2.05. The third kappa shape index (κ3) is 1.58. The minimum atomic E-state index is -0.750. The van der Waals surface area contributed by atoms with E-state index in [-0.39, 0.29) is 13.1 Å². The van der Waals surface area contributed by atoms with Crippen molar-refractivity contribution in [1.82, 2.24) is 0 Å². The van der Waals surface area contributed by atoms with Crippen LogP contribution >= 0.6 is 0 Å². The highest BCUT2D eigenvalue weighted by Gasteiger charge is 2.20. The molecule has 4 heteroatoms. The van der Waals surface area contributed by atoms with Gasteiger partial charge in [-0.2, -0.15) is 0 Å². The largest absolute Gasteiger partial charge is 0.327 e. The van der Waals surface area contributed by atoms with Gasteiger partial charge in [-0.15, -0.1) is 0 Å². The maximum Gasteiger partial charge on any atom is 0.172 e. The summed E-state index contributed by atoms with van der Waals surface area (Å²) in [5, 5.41) is 0. The summed E-state index contributed by atoms with van der Waals surface area (Å²) >= 11 is 0. The Morgan fingerprint density at radius 2 is 1.44 bits per heavy atom. The molecule has 52 valence electrons. The fourth-order valence-corrected chi connectivity index (χ4v) is 0.392. The van der Waals surface area contributed by atoms with Gasteiger partial charge in [0, 0.05) is 13.1 Å². The molecule has 0 aromatic heterocycles. The van der Waals surface area contributed by atoms with Gasteiger partial charge in [0.1, 0.15) is 0 Å². The van der Waals surface area contributed by atoms with Crippen molar-refractivity contribution in [2.75, 3.05) is 13.1 Å². The fraction of sp³-hybridized carbons (Fsp3) is 0.600. The molecule has 0 spiro atoms. The molecule has 0 fully saturated rings. The van der Waals surface area contributed by atoms with Gasteiger partial charge in [-0.1, -0.05) is 0 Å². The third-order valence-corrected chi connectivity index (χ3v) is 1.24. The lowest BCUT2D eigenvalue weighted by atomic mass is 10.2. The standard InChI is InChI=1S/C5H12N4/c1-8-5(3-6,4-7)9-2/h1-4,6-7H2. The minimum absolute atomic E-state index is 0.260. The number of hydrogen-bond acceptors (Lipinski definition) is 4. The summed E-state index contributed by atoms with van der Waals surface area (Å²) in [6, 6.07) is 0. The first-order valence-electron chi connectivity index (χ1n) is 2.60. The predicted octanol–water partition coefficient (Wildman–Crippen LogP) is -0.999. The second-order valence-electron chi connectivity index (χ2n) is 1.71. The van der Waals surface area contributed by atoms with Crippen LogP contribution in [0.2, 0.25) is 0 Å². The molecule has 0 saturated carbocycles. The summed E-state index contributed by atoms with van der Waals surface area (Å²) in [6.07, 6.45) is 0. The summed E-state index contributed by atoms with van der Waals surface area (Å²) in [5.41, 5.74) is 9.83. The van der Waals surface area contributed by atoms with Crippen molar-refractivity contribution in [3.8, 4) is 0 Å². The molecule has 0 rings (SSSR count). The molecule has 0 aromatic carbocycles. The van der Waals surface area contributed by atoms with Crippen molar-refractivity contribution in [2.24, 2.45) is 21.5 Å². The van der Waals surface area contributed by atoms with Gasteiger partial charge in [-0.25, -0.2) is 0 Å². The summed E-state index contributed by atoms with van der Waals surface area (Å²) < 4.78 is 0. The quantitative estimate of drug-likeness (QED) is 0.476. The molecule has 0 aromatic rings. The lowest BCUT2D eigenvalue weighted by Crippen LogP contribution is -2.40. The third-order valence-electron chi connectivity index (χ3n) is 1.24. The summed E-state index contributed by atoms with van der Waals surface area (Å²) in [6.45, 7) is 7.12. The van der Waals surface area contributed by atoms with Crippen LogP contribution < -0.4 is 11.5 Å². The maximum atomic E-state index is 5.29.